The highest BCUT2D eigenvalue weighted by Gasteiger charge is 2.37. The van der Waals surface area contributed by atoms with Crippen LogP contribution < -0.4 is 10.9 Å². The molecule has 0 spiro atoms. The lowest BCUT2D eigenvalue weighted by Crippen LogP contribution is -2.38. The Bertz CT molecular complexity index is 865. The van der Waals surface area contributed by atoms with Gasteiger partial charge in [-0.1, -0.05) is 11.2 Å². The third-order valence-electron chi connectivity index (χ3n) is 4.03. The number of hydrogen-bond donors (Lipinski definition) is 2. The molecule has 4 heterocycles. The van der Waals surface area contributed by atoms with E-state index in [1.54, 1.807) is 19.3 Å². The molecule has 12 heteroatoms. The first-order valence-corrected chi connectivity index (χ1v) is 7.92. The van der Waals surface area contributed by atoms with E-state index in [0.717, 1.165) is 0 Å². The first-order valence-electron chi connectivity index (χ1n) is 7.92. The van der Waals surface area contributed by atoms with E-state index in [9.17, 15) is 4.79 Å². The summed E-state index contributed by atoms with van der Waals surface area (Å²) in [6.45, 7) is 0.647. The van der Waals surface area contributed by atoms with Gasteiger partial charge in [-0.15, -0.1) is 5.10 Å². The maximum atomic E-state index is 12.8. The minimum Gasteiger partial charge on any atom is -0.337 e. The van der Waals surface area contributed by atoms with Gasteiger partial charge in [0.2, 0.25) is 17.6 Å². The first kappa shape index (κ1) is 16.2. The van der Waals surface area contributed by atoms with Gasteiger partial charge in [-0.05, 0) is 22.6 Å². The lowest BCUT2D eigenvalue weighted by molar-refractivity contribution is -0.135. The molecule has 26 heavy (non-hydrogen) atoms. The van der Waals surface area contributed by atoms with Gasteiger partial charge in [0.1, 0.15) is 18.2 Å². The Morgan fingerprint density at radius 1 is 1.46 bits per heavy atom. The number of rotatable bonds is 5. The molecule has 0 aromatic carbocycles. The van der Waals surface area contributed by atoms with Gasteiger partial charge in [0.25, 0.3) is 0 Å². The minimum absolute atomic E-state index is 0.0967. The molecule has 3 aromatic rings. The normalized spacial score (nSPS) is 19.6. The van der Waals surface area contributed by atoms with Crippen LogP contribution in [-0.2, 0) is 11.3 Å². The number of hydrazine groups is 1. The predicted molar refractivity (Wildman–Crippen MR) is 85.5 cm³/mol. The van der Waals surface area contributed by atoms with E-state index in [1.165, 1.54) is 15.9 Å². The molecule has 134 valence electrons. The zero-order chi connectivity index (χ0) is 17.9. The van der Waals surface area contributed by atoms with Gasteiger partial charge in [0.05, 0.1) is 12.5 Å². The number of hydrogen-bond acceptors (Lipinski definition) is 10. The van der Waals surface area contributed by atoms with Crippen molar-refractivity contribution in [3.8, 4) is 11.5 Å². The van der Waals surface area contributed by atoms with Crippen LogP contribution in [0.5, 0.6) is 0 Å². The minimum atomic E-state index is -0.373. The van der Waals surface area contributed by atoms with E-state index in [0.29, 0.717) is 24.0 Å². The third-order valence-corrected chi connectivity index (χ3v) is 4.03. The molecule has 4 rings (SSSR count). The van der Waals surface area contributed by atoms with Crippen LogP contribution >= 0.6 is 0 Å². The van der Waals surface area contributed by atoms with E-state index in [2.05, 4.69) is 41.5 Å². The average Bonchev–Trinajstić information content (AvgIpc) is 3.42. The highest BCUT2D eigenvalue weighted by atomic mass is 16.5. The van der Waals surface area contributed by atoms with E-state index < -0.39 is 0 Å². The number of carbonyl (C=O) groups excluding carboxylic acids is 1. The van der Waals surface area contributed by atoms with Gasteiger partial charge in [-0.25, -0.2) is 10.1 Å². The zero-order valence-corrected chi connectivity index (χ0v) is 13.8. The predicted octanol–water partition coefficient (Wildman–Crippen LogP) is -1.00. The molecule has 3 aromatic heterocycles. The van der Waals surface area contributed by atoms with Crippen molar-refractivity contribution in [3.63, 3.8) is 0 Å². The third kappa shape index (κ3) is 3.14. The van der Waals surface area contributed by atoms with Gasteiger partial charge in [0, 0.05) is 19.8 Å². The van der Waals surface area contributed by atoms with E-state index in [1.807, 2.05) is 12.1 Å². The fraction of sp³-hybridized carbons (Fsp3) is 0.357. The van der Waals surface area contributed by atoms with E-state index >= 15 is 0 Å². The number of carbonyl (C=O) groups is 1. The second-order valence-corrected chi connectivity index (χ2v) is 5.79. The van der Waals surface area contributed by atoms with Crippen molar-refractivity contribution in [3.05, 3.63) is 36.6 Å². The van der Waals surface area contributed by atoms with Gasteiger partial charge in [0.15, 0.2) is 0 Å². The number of tetrazole rings is 1. The summed E-state index contributed by atoms with van der Waals surface area (Å²) >= 11 is 0. The fourth-order valence-electron chi connectivity index (χ4n) is 2.74. The molecule has 2 N–H and O–H groups in total. The molecule has 0 saturated carbocycles. The molecule has 1 aliphatic rings. The van der Waals surface area contributed by atoms with E-state index in [4.69, 9.17) is 4.52 Å². The maximum Gasteiger partial charge on any atom is 0.246 e. The number of nitrogens with zero attached hydrogens (tertiary/aromatic N) is 8. The number of nitrogens with one attached hydrogen (secondary N) is 2. The summed E-state index contributed by atoms with van der Waals surface area (Å²) in [6.07, 6.45) is 2.74. The highest BCUT2D eigenvalue weighted by Crippen LogP contribution is 2.20. The SMILES string of the molecule is CN(Cc1nc(-c2ccccn2)no1)C(=O)C1CNNC1n1cnnn1. The summed E-state index contributed by atoms with van der Waals surface area (Å²) in [4.78, 5) is 22.8. The van der Waals surface area contributed by atoms with Gasteiger partial charge >= 0.3 is 0 Å². The monoisotopic (exact) mass is 356 g/mol. The summed E-state index contributed by atoms with van der Waals surface area (Å²) in [5, 5.41) is 15.0. The van der Waals surface area contributed by atoms with Crippen LogP contribution in [0.3, 0.4) is 0 Å². The van der Waals surface area contributed by atoms with Crippen molar-refractivity contribution in [2.75, 3.05) is 13.6 Å². The molecule has 0 bridgehead atoms. The molecule has 0 radical (unpaired) electrons. The number of aromatic nitrogens is 7. The van der Waals surface area contributed by atoms with Crippen LogP contribution in [0.1, 0.15) is 12.1 Å². The van der Waals surface area contributed by atoms with Crippen LogP contribution in [0, 0.1) is 5.92 Å². The molecule has 1 fully saturated rings. The summed E-state index contributed by atoms with van der Waals surface area (Å²) in [5.41, 5.74) is 6.57. The van der Waals surface area contributed by atoms with Crippen molar-refractivity contribution < 1.29 is 9.32 Å². The average molecular weight is 356 g/mol. The number of amides is 1. The van der Waals surface area contributed by atoms with Crippen LogP contribution in [0.2, 0.25) is 0 Å². The Morgan fingerprint density at radius 2 is 2.38 bits per heavy atom. The topological polar surface area (TPSA) is 140 Å². The summed E-state index contributed by atoms with van der Waals surface area (Å²) < 4.78 is 6.74. The molecule has 12 nitrogen and oxygen atoms in total. The molecule has 1 amide bonds. The quantitative estimate of drug-likeness (QED) is 0.585. The van der Waals surface area contributed by atoms with Crippen LogP contribution in [-0.4, -0.2) is 59.7 Å². The Kier molecular flexibility index (Phi) is 4.33. The molecule has 0 aliphatic carbocycles. The lowest BCUT2D eigenvalue weighted by Gasteiger charge is -2.22. The van der Waals surface area contributed by atoms with Gasteiger partial charge in [-0.3, -0.25) is 15.2 Å². The second-order valence-electron chi connectivity index (χ2n) is 5.79. The smallest absolute Gasteiger partial charge is 0.246 e. The largest absolute Gasteiger partial charge is 0.337 e. The standard InChI is InChI=1S/C14H16N10O2/c1-23(7-11-18-12(20-26-11)10-4-2-3-5-15-10)14(25)9-6-16-19-13(9)24-8-17-21-22-24/h2-5,8-9,13,16,19H,6-7H2,1H3. The van der Waals surface area contributed by atoms with Gasteiger partial charge < -0.3 is 9.42 Å². The Morgan fingerprint density at radius 3 is 3.15 bits per heavy atom. The molecule has 2 atom stereocenters. The van der Waals surface area contributed by atoms with Crippen molar-refractivity contribution >= 4 is 5.91 Å². The summed E-state index contributed by atoms with van der Waals surface area (Å²) in [7, 11) is 1.68. The Labute approximate surface area is 147 Å². The lowest BCUT2D eigenvalue weighted by atomic mass is 10.1. The van der Waals surface area contributed by atoms with Crippen molar-refractivity contribution in [1.29, 1.82) is 0 Å². The van der Waals surface area contributed by atoms with Crippen molar-refractivity contribution in [2.45, 2.75) is 12.7 Å². The van der Waals surface area contributed by atoms with Crippen molar-refractivity contribution in [1.82, 2.24) is 51.1 Å². The molecule has 1 aliphatic heterocycles. The van der Waals surface area contributed by atoms with Crippen LogP contribution in [0.15, 0.2) is 35.2 Å². The molecule has 1 saturated heterocycles. The van der Waals surface area contributed by atoms with Crippen molar-refractivity contribution in [2.24, 2.45) is 5.92 Å². The fourth-order valence-corrected chi connectivity index (χ4v) is 2.74. The number of pyridine rings is 1. The Hall–Kier alpha value is -3.25. The summed E-state index contributed by atoms with van der Waals surface area (Å²) in [6, 6.07) is 5.44. The van der Waals surface area contributed by atoms with E-state index in [-0.39, 0.29) is 24.5 Å². The molecular formula is C14H16N10O2. The second kappa shape index (κ2) is 6.93. The highest BCUT2D eigenvalue weighted by molar-refractivity contribution is 5.79. The maximum absolute atomic E-state index is 12.8. The molecule has 2 unspecified atom stereocenters. The summed E-state index contributed by atoms with van der Waals surface area (Å²) in [5.74, 6) is 0.249. The van der Waals surface area contributed by atoms with Crippen LogP contribution in [0.4, 0.5) is 0 Å². The Balaban J connectivity index is 1.44. The van der Waals surface area contributed by atoms with Gasteiger partial charge in [-0.2, -0.15) is 4.98 Å². The molecular weight excluding hydrogens is 340 g/mol. The van der Waals surface area contributed by atoms with Crippen LogP contribution in [0.25, 0.3) is 11.5 Å². The zero-order valence-electron chi connectivity index (χ0n) is 13.8. The first-order chi connectivity index (χ1) is 12.7.